The topological polar surface area (TPSA) is 67.2 Å². The number of anilines is 2. The first-order chi connectivity index (χ1) is 17.4. The molecule has 0 radical (unpaired) electrons. The van der Waals surface area contributed by atoms with Crippen LogP contribution in [0.2, 0.25) is 0 Å². The molecular formula is C29H32N4O2S. The molecule has 1 N–H and O–H groups in total. The molecule has 186 valence electrons. The molecule has 0 atom stereocenters. The molecular weight excluding hydrogens is 468 g/mol. The largest absolute Gasteiger partial charge is 0.372 e. The number of hydrogen-bond acceptors (Lipinski definition) is 5. The van der Waals surface area contributed by atoms with Gasteiger partial charge in [-0.2, -0.15) is 0 Å². The summed E-state index contributed by atoms with van der Waals surface area (Å²) in [5.41, 5.74) is 4.20. The molecule has 0 saturated carbocycles. The second kappa shape index (κ2) is 11.4. The first-order valence-electron chi connectivity index (χ1n) is 12.3. The van der Waals surface area contributed by atoms with Gasteiger partial charge in [-0.05, 0) is 67.8 Å². The fraction of sp³-hybridized carbons (Fsp3) is 0.276. The number of carbonyl (C=O) groups is 1. The number of para-hydroxylation sites is 2. The molecule has 0 unspecified atom stereocenters. The summed E-state index contributed by atoms with van der Waals surface area (Å²) < 4.78 is 1.65. The zero-order chi connectivity index (χ0) is 25.7. The van der Waals surface area contributed by atoms with Crippen molar-refractivity contribution in [3.63, 3.8) is 0 Å². The Morgan fingerprint density at radius 3 is 2.33 bits per heavy atom. The number of thioether (sulfide) groups is 1. The normalized spacial score (nSPS) is 11.1. The summed E-state index contributed by atoms with van der Waals surface area (Å²) in [5, 5.41) is 4.01. The van der Waals surface area contributed by atoms with E-state index in [9.17, 15) is 9.59 Å². The number of amides is 1. The van der Waals surface area contributed by atoms with Crippen molar-refractivity contribution in [2.45, 2.75) is 38.8 Å². The third kappa shape index (κ3) is 5.46. The summed E-state index contributed by atoms with van der Waals surface area (Å²) in [5.74, 6) is 0.202. The molecule has 0 aliphatic rings. The zero-order valence-electron chi connectivity index (χ0n) is 21.2. The van der Waals surface area contributed by atoms with E-state index in [1.54, 1.807) is 10.6 Å². The lowest BCUT2D eigenvalue weighted by Gasteiger charge is -2.21. The van der Waals surface area contributed by atoms with Crippen molar-refractivity contribution >= 4 is 39.9 Å². The van der Waals surface area contributed by atoms with E-state index in [2.05, 4.69) is 37.9 Å². The molecule has 7 heteroatoms. The van der Waals surface area contributed by atoms with Gasteiger partial charge in [-0.1, -0.05) is 55.9 Å². The highest BCUT2D eigenvalue weighted by molar-refractivity contribution is 7.99. The van der Waals surface area contributed by atoms with Crippen molar-refractivity contribution in [3.8, 4) is 5.69 Å². The van der Waals surface area contributed by atoms with Crippen LogP contribution in [-0.2, 0) is 4.79 Å². The van der Waals surface area contributed by atoms with E-state index < -0.39 is 0 Å². The van der Waals surface area contributed by atoms with E-state index in [-0.39, 0.29) is 23.1 Å². The number of benzene rings is 3. The van der Waals surface area contributed by atoms with Crippen molar-refractivity contribution < 1.29 is 4.79 Å². The zero-order valence-corrected chi connectivity index (χ0v) is 22.0. The van der Waals surface area contributed by atoms with Crippen LogP contribution in [0.25, 0.3) is 16.6 Å². The quantitative estimate of drug-likeness (QED) is 0.223. The molecule has 1 heterocycles. The number of nitrogens with one attached hydrogen (secondary N) is 1. The van der Waals surface area contributed by atoms with Gasteiger partial charge in [0.1, 0.15) is 0 Å². The maximum atomic E-state index is 13.6. The van der Waals surface area contributed by atoms with Gasteiger partial charge in [-0.25, -0.2) is 4.98 Å². The van der Waals surface area contributed by atoms with E-state index in [1.165, 1.54) is 11.8 Å². The summed E-state index contributed by atoms with van der Waals surface area (Å²) in [4.78, 5) is 33.5. The summed E-state index contributed by atoms with van der Waals surface area (Å²) in [7, 11) is 0. The fourth-order valence-corrected chi connectivity index (χ4v) is 5.08. The Morgan fingerprint density at radius 2 is 1.64 bits per heavy atom. The lowest BCUT2D eigenvalue weighted by molar-refractivity contribution is -0.113. The van der Waals surface area contributed by atoms with E-state index in [0.717, 1.165) is 35.7 Å². The average molecular weight is 501 g/mol. The molecule has 0 bridgehead atoms. The van der Waals surface area contributed by atoms with Crippen molar-refractivity contribution in [1.82, 2.24) is 9.55 Å². The third-order valence-electron chi connectivity index (χ3n) is 6.16. The molecule has 0 aliphatic heterocycles. The van der Waals surface area contributed by atoms with Crippen LogP contribution in [0.3, 0.4) is 0 Å². The number of hydrogen-bond donors (Lipinski definition) is 1. The van der Waals surface area contributed by atoms with Gasteiger partial charge in [0.15, 0.2) is 5.16 Å². The highest BCUT2D eigenvalue weighted by atomic mass is 32.2. The van der Waals surface area contributed by atoms with Crippen molar-refractivity contribution in [3.05, 3.63) is 88.7 Å². The molecule has 4 rings (SSSR count). The smallest absolute Gasteiger partial charge is 0.266 e. The number of fused-ring (bicyclic) bond motifs is 1. The van der Waals surface area contributed by atoms with Gasteiger partial charge in [-0.15, -0.1) is 0 Å². The van der Waals surface area contributed by atoms with Crippen molar-refractivity contribution in [2.24, 2.45) is 0 Å². The van der Waals surface area contributed by atoms with Gasteiger partial charge in [0, 0.05) is 24.5 Å². The Hall–Kier alpha value is -3.58. The number of rotatable bonds is 9. The van der Waals surface area contributed by atoms with Crippen LogP contribution in [-0.4, -0.2) is 34.3 Å². The van der Waals surface area contributed by atoms with E-state index in [4.69, 9.17) is 4.98 Å². The van der Waals surface area contributed by atoms with Crippen LogP contribution in [0.4, 0.5) is 11.4 Å². The Labute approximate surface area is 216 Å². The standard InChI is InChI=1S/C29H32N4O2S/c1-5-32(6-2)22-17-15-21(16-18-22)30-27(34)19-36-29-31-25-13-9-7-12-24(25)28(35)33(29)26-14-10-8-11-23(26)20(3)4/h7-18,20H,5-6,19H2,1-4H3,(H,30,34). The minimum Gasteiger partial charge on any atom is -0.372 e. The van der Waals surface area contributed by atoms with E-state index in [0.29, 0.717) is 16.1 Å². The minimum absolute atomic E-state index is 0.131. The van der Waals surface area contributed by atoms with Gasteiger partial charge < -0.3 is 10.2 Å². The van der Waals surface area contributed by atoms with Crippen LogP contribution in [0, 0.1) is 0 Å². The molecule has 4 aromatic rings. The number of nitrogens with zero attached hydrogens (tertiary/aromatic N) is 3. The molecule has 0 spiro atoms. The first kappa shape index (κ1) is 25.5. The van der Waals surface area contributed by atoms with Gasteiger partial charge in [-0.3, -0.25) is 14.2 Å². The maximum absolute atomic E-state index is 13.6. The lowest BCUT2D eigenvalue weighted by Crippen LogP contribution is -2.24. The average Bonchev–Trinajstić information content (AvgIpc) is 2.89. The molecule has 1 aromatic heterocycles. The predicted octanol–water partition coefficient (Wildman–Crippen LogP) is 6.09. The van der Waals surface area contributed by atoms with Gasteiger partial charge in [0.05, 0.1) is 22.3 Å². The van der Waals surface area contributed by atoms with E-state index in [1.807, 2.05) is 66.7 Å². The van der Waals surface area contributed by atoms with Gasteiger partial charge in [0.2, 0.25) is 5.91 Å². The first-order valence-corrected chi connectivity index (χ1v) is 13.3. The van der Waals surface area contributed by atoms with Crippen molar-refractivity contribution in [2.75, 3.05) is 29.1 Å². The summed E-state index contributed by atoms with van der Waals surface area (Å²) in [6.45, 7) is 10.3. The van der Waals surface area contributed by atoms with E-state index >= 15 is 0 Å². The van der Waals surface area contributed by atoms with Crippen LogP contribution in [0.1, 0.15) is 39.2 Å². The fourth-order valence-electron chi connectivity index (χ4n) is 4.27. The van der Waals surface area contributed by atoms with Gasteiger partial charge >= 0.3 is 0 Å². The summed E-state index contributed by atoms with van der Waals surface area (Å²) in [6.07, 6.45) is 0. The Bertz CT molecular complexity index is 1410. The Morgan fingerprint density at radius 1 is 0.972 bits per heavy atom. The molecule has 3 aromatic carbocycles. The minimum atomic E-state index is -0.151. The maximum Gasteiger partial charge on any atom is 0.266 e. The molecule has 0 aliphatic carbocycles. The summed E-state index contributed by atoms with van der Waals surface area (Å²) in [6, 6.07) is 23.1. The lowest BCUT2D eigenvalue weighted by atomic mass is 10.0. The number of carbonyl (C=O) groups excluding carboxylic acids is 1. The predicted molar refractivity (Wildman–Crippen MR) is 151 cm³/mol. The van der Waals surface area contributed by atoms with Crippen LogP contribution in [0.5, 0.6) is 0 Å². The van der Waals surface area contributed by atoms with Crippen LogP contribution in [0.15, 0.2) is 82.7 Å². The Balaban J connectivity index is 1.61. The highest BCUT2D eigenvalue weighted by Crippen LogP contribution is 2.27. The summed E-state index contributed by atoms with van der Waals surface area (Å²) >= 11 is 1.27. The molecule has 6 nitrogen and oxygen atoms in total. The molecule has 36 heavy (non-hydrogen) atoms. The molecule has 0 fully saturated rings. The van der Waals surface area contributed by atoms with Crippen molar-refractivity contribution in [1.29, 1.82) is 0 Å². The SMILES string of the molecule is CCN(CC)c1ccc(NC(=O)CSc2nc3ccccc3c(=O)n2-c2ccccc2C(C)C)cc1. The van der Waals surface area contributed by atoms with Crippen LogP contribution < -0.4 is 15.8 Å². The molecule has 1 amide bonds. The second-order valence-electron chi connectivity index (χ2n) is 8.82. The van der Waals surface area contributed by atoms with Gasteiger partial charge in [0.25, 0.3) is 5.56 Å². The number of aromatic nitrogens is 2. The Kier molecular flexibility index (Phi) is 8.10. The van der Waals surface area contributed by atoms with Crippen LogP contribution >= 0.6 is 11.8 Å². The highest BCUT2D eigenvalue weighted by Gasteiger charge is 2.18. The monoisotopic (exact) mass is 500 g/mol. The second-order valence-corrected chi connectivity index (χ2v) is 9.76. The third-order valence-corrected chi connectivity index (χ3v) is 7.10. The molecule has 0 saturated heterocycles.